The Labute approximate surface area is 95.1 Å². The van der Waals surface area contributed by atoms with Crippen molar-refractivity contribution in [3.05, 3.63) is 30.4 Å². The first-order valence-corrected chi connectivity index (χ1v) is 5.53. The van der Waals surface area contributed by atoms with Crippen molar-refractivity contribution in [2.24, 2.45) is 7.05 Å². The van der Waals surface area contributed by atoms with Crippen LogP contribution < -0.4 is 5.32 Å². The minimum atomic E-state index is 0.757. The van der Waals surface area contributed by atoms with Gasteiger partial charge in [-0.3, -0.25) is 4.68 Å². The predicted octanol–water partition coefficient (Wildman–Crippen LogP) is 1.49. The molecule has 0 aliphatic rings. The van der Waals surface area contributed by atoms with Gasteiger partial charge in [0.25, 0.3) is 0 Å². The van der Waals surface area contributed by atoms with Crippen molar-refractivity contribution in [1.29, 1.82) is 0 Å². The second kappa shape index (κ2) is 4.83. The minimum absolute atomic E-state index is 0.757. The first-order valence-electron chi connectivity index (χ1n) is 5.53. The number of aromatic nitrogens is 4. The normalized spacial score (nSPS) is 10.6. The van der Waals surface area contributed by atoms with Gasteiger partial charge in [0.1, 0.15) is 0 Å². The molecular formula is C11H17N5. The van der Waals surface area contributed by atoms with Gasteiger partial charge >= 0.3 is 0 Å². The summed E-state index contributed by atoms with van der Waals surface area (Å²) in [5, 5.41) is 7.63. The highest BCUT2D eigenvalue weighted by Gasteiger charge is 2.03. The molecule has 0 aromatic carbocycles. The average Bonchev–Trinajstić information content (AvgIpc) is 2.86. The summed E-state index contributed by atoms with van der Waals surface area (Å²) in [5.74, 6) is 0.910. The fraction of sp³-hybridized carbons (Fsp3) is 0.455. The lowest BCUT2D eigenvalue weighted by molar-refractivity contribution is 0.707. The van der Waals surface area contributed by atoms with E-state index < -0.39 is 0 Å². The van der Waals surface area contributed by atoms with Gasteiger partial charge in [-0.25, -0.2) is 4.98 Å². The van der Waals surface area contributed by atoms with Gasteiger partial charge in [-0.1, -0.05) is 6.92 Å². The standard InChI is InChI=1S/C11H17N5/c1-3-5-12-11-13-6-8-16(11)9-10-4-7-15(2)14-10/h4,6-8H,3,5,9H2,1-2H3,(H,12,13). The Hall–Kier alpha value is -1.78. The van der Waals surface area contributed by atoms with Gasteiger partial charge in [0, 0.05) is 32.2 Å². The van der Waals surface area contributed by atoms with Crippen LogP contribution in [0.1, 0.15) is 19.0 Å². The molecule has 0 aliphatic heterocycles. The lowest BCUT2D eigenvalue weighted by Crippen LogP contribution is -2.09. The Balaban J connectivity index is 2.06. The first kappa shape index (κ1) is 10.7. The molecule has 0 radical (unpaired) electrons. The third kappa shape index (κ3) is 2.42. The zero-order valence-corrected chi connectivity index (χ0v) is 9.72. The molecule has 1 N–H and O–H groups in total. The number of nitrogens with zero attached hydrogens (tertiary/aromatic N) is 4. The van der Waals surface area contributed by atoms with Gasteiger partial charge in [0.2, 0.25) is 5.95 Å². The molecule has 0 saturated heterocycles. The SMILES string of the molecule is CCCNc1nccn1Cc1ccn(C)n1. The number of nitrogens with one attached hydrogen (secondary N) is 1. The van der Waals surface area contributed by atoms with Gasteiger partial charge in [-0.2, -0.15) is 5.10 Å². The van der Waals surface area contributed by atoms with Crippen molar-refractivity contribution >= 4 is 5.95 Å². The van der Waals surface area contributed by atoms with Gasteiger partial charge in [-0.15, -0.1) is 0 Å². The van der Waals surface area contributed by atoms with E-state index in [1.54, 1.807) is 6.20 Å². The van der Waals surface area contributed by atoms with Crippen molar-refractivity contribution in [2.45, 2.75) is 19.9 Å². The van der Waals surface area contributed by atoms with Crippen LogP contribution in [0.5, 0.6) is 0 Å². The fourth-order valence-corrected chi connectivity index (χ4v) is 1.56. The molecule has 2 aromatic rings. The minimum Gasteiger partial charge on any atom is -0.356 e. The van der Waals surface area contributed by atoms with E-state index in [2.05, 4.69) is 26.9 Å². The summed E-state index contributed by atoms with van der Waals surface area (Å²) in [6, 6.07) is 2.02. The maximum Gasteiger partial charge on any atom is 0.203 e. The zero-order chi connectivity index (χ0) is 11.4. The number of hydrogen-bond acceptors (Lipinski definition) is 3. The van der Waals surface area contributed by atoms with E-state index in [9.17, 15) is 0 Å². The van der Waals surface area contributed by atoms with Crippen LogP contribution in [-0.4, -0.2) is 25.9 Å². The van der Waals surface area contributed by atoms with E-state index in [4.69, 9.17) is 0 Å². The third-order valence-electron chi connectivity index (χ3n) is 2.35. The number of hydrogen-bond donors (Lipinski definition) is 1. The first-order chi connectivity index (χ1) is 7.79. The van der Waals surface area contributed by atoms with E-state index in [0.29, 0.717) is 0 Å². The average molecular weight is 219 g/mol. The molecule has 16 heavy (non-hydrogen) atoms. The van der Waals surface area contributed by atoms with Crippen molar-refractivity contribution in [3.8, 4) is 0 Å². The van der Waals surface area contributed by atoms with Crippen molar-refractivity contribution < 1.29 is 0 Å². The van der Waals surface area contributed by atoms with Gasteiger partial charge in [-0.05, 0) is 12.5 Å². The van der Waals surface area contributed by atoms with Crippen LogP contribution in [0.3, 0.4) is 0 Å². The quantitative estimate of drug-likeness (QED) is 0.828. The van der Waals surface area contributed by atoms with Gasteiger partial charge in [0.15, 0.2) is 0 Å². The summed E-state index contributed by atoms with van der Waals surface area (Å²) in [6.45, 7) is 3.84. The van der Waals surface area contributed by atoms with Crippen molar-refractivity contribution in [2.75, 3.05) is 11.9 Å². The van der Waals surface area contributed by atoms with Crippen molar-refractivity contribution in [1.82, 2.24) is 19.3 Å². The molecule has 0 bridgehead atoms. The third-order valence-corrected chi connectivity index (χ3v) is 2.35. The largest absolute Gasteiger partial charge is 0.356 e. The van der Waals surface area contributed by atoms with Crippen LogP contribution >= 0.6 is 0 Å². The predicted molar refractivity (Wildman–Crippen MR) is 63.3 cm³/mol. The van der Waals surface area contributed by atoms with Crippen LogP contribution in [0.15, 0.2) is 24.7 Å². The molecule has 5 heteroatoms. The number of imidazole rings is 1. The topological polar surface area (TPSA) is 47.7 Å². The second-order valence-corrected chi connectivity index (χ2v) is 3.79. The molecule has 0 aliphatic carbocycles. The Morgan fingerprint density at radius 1 is 1.38 bits per heavy atom. The van der Waals surface area contributed by atoms with Gasteiger partial charge < -0.3 is 9.88 Å². The molecule has 0 amide bonds. The summed E-state index contributed by atoms with van der Waals surface area (Å²) in [6.07, 6.45) is 6.81. The lowest BCUT2D eigenvalue weighted by Gasteiger charge is -2.07. The lowest BCUT2D eigenvalue weighted by atomic mass is 10.4. The highest BCUT2D eigenvalue weighted by Crippen LogP contribution is 2.07. The summed E-state index contributed by atoms with van der Waals surface area (Å²) < 4.78 is 3.88. The van der Waals surface area contributed by atoms with Crippen LogP contribution in [0.25, 0.3) is 0 Å². The summed E-state index contributed by atoms with van der Waals surface area (Å²) in [7, 11) is 1.92. The number of anilines is 1. The van der Waals surface area contributed by atoms with E-state index in [0.717, 1.165) is 31.2 Å². The second-order valence-electron chi connectivity index (χ2n) is 3.79. The maximum absolute atomic E-state index is 4.35. The van der Waals surface area contributed by atoms with E-state index in [1.807, 2.05) is 30.2 Å². The Kier molecular flexibility index (Phi) is 3.24. The molecule has 2 aromatic heterocycles. The van der Waals surface area contributed by atoms with E-state index in [1.165, 1.54) is 0 Å². The highest BCUT2D eigenvalue weighted by atomic mass is 15.3. The Morgan fingerprint density at radius 3 is 2.94 bits per heavy atom. The summed E-state index contributed by atoms with van der Waals surface area (Å²) in [4.78, 5) is 4.27. The molecular weight excluding hydrogens is 202 g/mol. The molecule has 0 spiro atoms. The van der Waals surface area contributed by atoms with Gasteiger partial charge in [0.05, 0.1) is 12.2 Å². The zero-order valence-electron chi connectivity index (χ0n) is 9.72. The fourth-order valence-electron chi connectivity index (χ4n) is 1.56. The molecule has 0 saturated carbocycles. The molecule has 0 unspecified atom stereocenters. The Bertz CT molecular complexity index is 443. The van der Waals surface area contributed by atoms with Crippen LogP contribution in [0.4, 0.5) is 5.95 Å². The van der Waals surface area contributed by atoms with Crippen molar-refractivity contribution in [3.63, 3.8) is 0 Å². The number of aryl methyl sites for hydroxylation is 1. The number of rotatable bonds is 5. The highest BCUT2D eigenvalue weighted by molar-refractivity contribution is 5.26. The summed E-state index contributed by atoms with van der Waals surface area (Å²) in [5.41, 5.74) is 1.04. The maximum atomic E-state index is 4.35. The Morgan fingerprint density at radius 2 is 2.25 bits per heavy atom. The van der Waals surface area contributed by atoms with E-state index >= 15 is 0 Å². The van der Waals surface area contributed by atoms with Crippen LogP contribution in [-0.2, 0) is 13.6 Å². The molecule has 2 rings (SSSR count). The van der Waals surface area contributed by atoms with Crippen LogP contribution in [0, 0.1) is 0 Å². The molecule has 0 atom stereocenters. The molecule has 0 fully saturated rings. The molecule has 2 heterocycles. The van der Waals surface area contributed by atoms with E-state index in [-0.39, 0.29) is 0 Å². The molecule has 5 nitrogen and oxygen atoms in total. The molecule has 86 valence electrons. The monoisotopic (exact) mass is 219 g/mol. The summed E-state index contributed by atoms with van der Waals surface area (Å²) >= 11 is 0. The van der Waals surface area contributed by atoms with Crippen LogP contribution in [0.2, 0.25) is 0 Å². The smallest absolute Gasteiger partial charge is 0.203 e.